The van der Waals surface area contributed by atoms with E-state index in [0.29, 0.717) is 5.69 Å². The van der Waals surface area contributed by atoms with Gasteiger partial charge in [0.05, 0.1) is 10.6 Å². The molecule has 0 fully saturated rings. The van der Waals surface area contributed by atoms with Gasteiger partial charge in [-0.1, -0.05) is 6.07 Å². The van der Waals surface area contributed by atoms with E-state index in [0.717, 1.165) is 17.8 Å². The van der Waals surface area contributed by atoms with Crippen LogP contribution in [0, 0.1) is 15.9 Å². The summed E-state index contributed by atoms with van der Waals surface area (Å²) in [5, 5.41) is 10.5. The number of rotatable bonds is 4. The van der Waals surface area contributed by atoms with Crippen LogP contribution in [0.4, 0.5) is 10.1 Å². The third kappa shape index (κ3) is 2.66. The molecule has 3 aromatic rings. The van der Waals surface area contributed by atoms with Gasteiger partial charge in [0.15, 0.2) is 0 Å². The second-order valence-electron chi connectivity index (χ2n) is 4.36. The first kappa shape index (κ1) is 13.0. The van der Waals surface area contributed by atoms with Crippen molar-refractivity contribution in [1.82, 2.24) is 9.38 Å². The summed E-state index contributed by atoms with van der Waals surface area (Å²) < 4.78 is 20.7. The highest BCUT2D eigenvalue weighted by Gasteiger charge is 2.14. The summed E-state index contributed by atoms with van der Waals surface area (Å²) in [5.74, 6) is -0.706. The zero-order chi connectivity index (χ0) is 14.8. The van der Waals surface area contributed by atoms with E-state index >= 15 is 0 Å². The van der Waals surface area contributed by atoms with Gasteiger partial charge in [-0.25, -0.2) is 4.98 Å². The lowest BCUT2D eigenvalue weighted by Crippen LogP contribution is -1.97. The van der Waals surface area contributed by atoms with E-state index in [-0.39, 0.29) is 12.4 Å². The minimum absolute atomic E-state index is 0.152. The average Bonchev–Trinajstić information content (AvgIpc) is 2.87. The molecule has 0 bridgehead atoms. The molecule has 3 rings (SSSR count). The zero-order valence-electron chi connectivity index (χ0n) is 10.8. The van der Waals surface area contributed by atoms with E-state index in [1.165, 1.54) is 6.07 Å². The molecule has 0 aliphatic carbocycles. The largest absolute Gasteiger partial charge is 0.487 e. The SMILES string of the molecule is O=[N+]([O-])c1ccc(OCc2cn3ccccc3n2)cc1F. The van der Waals surface area contributed by atoms with Crippen molar-refractivity contribution in [2.45, 2.75) is 6.61 Å². The normalized spacial score (nSPS) is 10.7. The first-order valence-corrected chi connectivity index (χ1v) is 6.13. The number of pyridine rings is 1. The molecule has 2 aromatic heterocycles. The molecule has 6 nitrogen and oxygen atoms in total. The molecule has 0 unspecified atom stereocenters. The monoisotopic (exact) mass is 287 g/mol. The molecule has 0 aliphatic heterocycles. The topological polar surface area (TPSA) is 69.7 Å². The Morgan fingerprint density at radius 1 is 1.33 bits per heavy atom. The molecule has 0 aliphatic rings. The minimum atomic E-state index is -0.924. The summed E-state index contributed by atoms with van der Waals surface area (Å²) in [6.07, 6.45) is 3.66. The molecule has 0 N–H and O–H groups in total. The highest BCUT2D eigenvalue weighted by molar-refractivity contribution is 5.40. The van der Waals surface area contributed by atoms with Crippen LogP contribution in [0.3, 0.4) is 0 Å². The van der Waals surface area contributed by atoms with Crippen LogP contribution in [0.15, 0.2) is 48.8 Å². The number of nitro groups is 1. The van der Waals surface area contributed by atoms with Crippen molar-refractivity contribution in [3.05, 3.63) is 70.4 Å². The Morgan fingerprint density at radius 3 is 2.90 bits per heavy atom. The van der Waals surface area contributed by atoms with E-state index in [1.54, 1.807) is 6.20 Å². The second-order valence-corrected chi connectivity index (χ2v) is 4.36. The van der Waals surface area contributed by atoms with E-state index in [4.69, 9.17) is 4.74 Å². The van der Waals surface area contributed by atoms with Gasteiger partial charge in [-0.05, 0) is 18.2 Å². The van der Waals surface area contributed by atoms with Gasteiger partial charge >= 0.3 is 5.69 Å². The van der Waals surface area contributed by atoms with Gasteiger partial charge < -0.3 is 9.14 Å². The number of hydrogen-bond acceptors (Lipinski definition) is 4. The highest BCUT2D eigenvalue weighted by Crippen LogP contribution is 2.22. The molecule has 0 amide bonds. The molecule has 0 saturated carbocycles. The molecule has 2 heterocycles. The third-order valence-electron chi connectivity index (χ3n) is 2.92. The predicted octanol–water partition coefficient (Wildman–Crippen LogP) is 2.96. The molecular weight excluding hydrogens is 277 g/mol. The maximum absolute atomic E-state index is 13.5. The number of aromatic nitrogens is 2. The van der Waals surface area contributed by atoms with Crippen molar-refractivity contribution >= 4 is 11.3 Å². The molecule has 7 heteroatoms. The number of ether oxygens (including phenoxy) is 1. The zero-order valence-corrected chi connectivity index (χ0v) is 10.8. The van der Waals surface area contributed by atoms with Gasteiger partial charge in [-0.2, -0.15) is 4.39 Å². The minimum Gasteiger partial charge on any atom is -0.487 e. The van der Waals surface area contributed by atoms with Crippen molar-refractivity contribution < 1.29 is 14.1 Å². The van der Waals surface area contributed by atoms with E-state index < -0.39 is 16.4 Å². The highest BCUT2D eigenvalue weighted by atomic mass is 19.1. The number of halogens is 1. The van der Waals surface area contributed by atoms with E-state index in [2.05, 4.69) is 4.98 Å². The Labute approximate surface area is 118 Å². The first-order chi connectivity index (χ1) is 10.1. The Bertz CT molecular complexity index is 783. The van der Waals surface area contributed by atoms with E-state index in [1.807, 2.05) is 28.8 Å². The molecule has 0 atom stereocenters. The summed E-state index contributed by atoms with van der Waals surface area (Å²) in [5.41, 5.74) is 0.890. The molecule has 1 aromatic carbocycles. The van der Waals surface area contributed by atoms with Crippen LogP contribution in [0.2, 0.25) is 0 Å². The van der Waals surface area contributed by atoms with Crippen molar-refractivity contribution in [2.75, 3.05) is 0 Å². The van der Waals surface area contributed by atoms with Crippen LogP contribution in [-0.2, 0) is 6.61 Å². The second kappa shape index (κ2) is 5.20. The molecule has 21 heavy (non-hydrogen) atoms. The van der Waals surface area contributed by atoms with Gasteiger partial charge in [-0.3, -0.25) is 10.1 Å². The van der Waals surface area contributed by atoms with Gasteiger partial charge in [0.1, 0.15) is 18.0 Å². The van der Waals surface area contributed by atoms with Crippen LogP contribution in [0.5, 0.6) is 5.75 Å². The summed E-state index contributed by atoms with van der Waals surface area (Å²) in [6, 6.07) is 9.04. The molecular formula is C14H10FN3O3. The lowest BCUT2D eigenvalue weighted by Gasteiger charge is -2.04. The van der Waals surface area contributed by atoms with Crippen LogP contribution in [-0.4, -0.2) is 14.3 Å². The van der Waals surface area contributed by atoms with Gasteiger partial charge in [-0.15, -0.1) is 0 Å². The summed E-state index contributed by atoms with van der Waals surface area (Å²) in [4.78, 5) is 14.1. The third-order valence-corrected chi connectivity index (χ3v) is 2.92. The van der Waals surface area contributed by atoms with Gasteiger partial charge in [0, 0.05) is 24.5 Å². The fourth-order valence-corrected chi connectivity index (χ4v) is 1.94. The number of fused-ring (bicyclic) bond motifs is 1. The lowest BCUT2D eigenvalue weighted by molar-refractivity contribution is -0.387. The Hall–Kier alpha value is -2.96. The van der Waals surface area contributed by atoms with Crippen LogP contribution >= 0.6 is 0 Å². The standard InChI is InChI=1S/C14H10FN3O3/c15-12-7-11(4-5-13(12)18(19)20)21-9-10-8-17-6-2-1-3-14(17)16-10/h1-8H,9H2. The Balaban J connectivity index is 1.75. The molecule has 0 spiro atoms. The fraction of sp³-hybridized carbons (Fsp3) is 0.0714. The summed E-state index contributed by atoms with van der Waals surface area (Å²) >= 11 is 0. The van der Waals surface area contributed by atoms with Gasteiger partial charge in [0.2, 0.25) is 5.82 Å². The number of benzene rings is 1. The smallest absolute Gasteiger partial charge is 0.305 e. The maximum Gasteiger partial charge on any atom is 0.305 e. The fourth-order valence-electron chi connectivity index (χ4n) is 1.94. The number of hydrogen-bond donors (Lipinski definition) is 0. The number of imidazole rings is 1. The average molecular weight is 287 g/mol. The van der Waals surface area contributed by atoms with Crippen LogP contribution in [0.25, 0.3) is 5.65 Å². The van der Waals surface area contributed by atoms with Crippen molar-refractivity contribution in [3.8, 4) is 5.75 Å². The van der Waals surface area contributed by atoms with Crippen molar-refractivity contribution in [1.29, 1.82) is 0 Å². The Kier molecular flexibility index (Phi) is 3.23. The summed E-state index contributed by atoms with van der Waals surface area (Å²) in [6.45, 7) is 0.152. The molecule has 0 radical (unpaired) electrons. The number of nitrogens with zero attached hydrogens (tertiary/aromatic N) is 3. The first-order valence-electron chi connectivity index (χ1n) is 6.13. The number of nitro benzene ring substituents is 1. The van der Waals surface area contributed by atoms with Crippen LogP contribution < -0.4 is 4.74 Å². The maximum atomic E-state index is 13.5. The molecule has 106 valence electrons. The predicted molar refractivity (Wildman–Crippen MR) is 72.6 cm³/mol. The van der Waals surface area contributed by atoms with Gasteiger partial charge in [0.25, 0.3) is 0 Å². The quantitative estimate of drug-likeness (QED) is 0.546. The van der Waals surface area contributed by atoms with Crippen molar-refractivity contribution in [2.24, 2.45) is 0 Å². The summed E-state index contributed by atoms with van der Waals surface area (Å²) in [7, 11) is 0. The Morgan fingerprint density at radius 2 is 2.19 bits per heavy atom. The lowest BCUT2D eigenvalue weighted by atomic mass is 10.3. The molecule has 0 saturated heterocycles. The van der Waals surface area contributed by atoms with E-state index in [9.17, 15) is 14.5 Å². The van der Waals surface area contributed by atoms with Crippen LogP contribution in [0.1, 0.15) is 5.69 Å². The van der Waals surface area contributed by atoms with Crippen molar-refractivity contribution in [3.63, 3.8) is 0 Å².